The molecule has 2 amide bonds. The number of fused-ring (bicyclic) bond motifs is 6. The fraction of sp³-hybridized carbons (Fsp3) is 0.444. The van der Waals surface area contributed by atoms with Crippen molar-refractivity contribution in [1.82, 2.24) is 10.2 Å². The minimum absolute atomic E-state index is 0.0434. The number of piperidine rings is 2. The van der Waals surface area contributed by atoms with Gasteiger partial charge >= 0.3 is 12.1 Å². The molecule has 3 unspecified atom stereocenters. The first-order chi connectivity index (χ1) is 16.5. The zero-order valence-electron chi connectivity index (χ0n) is 18.9. The molecule has 3 atom stereocenters. The van der Waals surface area contributed by atoms with Gasteiger partial charge < -0.3 is 20.1 Å². The molecule has 2 saturated heterocycles. The first kappa shape index (κ1) is 21.2. The number of amides is 2. The van der Waals surface area contributed by atoms with Gasteiger partial charge in [0.25, 0.3) is 0 Å². The van der Waals surface area contributed by atoms with Crippen molar-refractivity contribution in [3.63, 3.8) is 0 Å². The predicted molar refractivity (Wildman–Crippen MR) is 124 cm³/mol. The highest BCUT2D eigenvalue weighted by Crippen LogP contribution is 2.46. The second-order valence-corrected chi connectivity index (χ2v) is 10.2. The molecule has 2 aromatic rings. The van der Waals surface area contributed by atoms with Crippen molar-refractivity contribution in [2.75, 3.05) is 13.2 Å². The fourth-order valence-corrected chi connectivity index (χ4v) is 6.32. The fourth-order valence-electron chi connectivity index (χ4n) is 6.32. The molecule has 5 aliphatic rings. The lowest BCUT2D eigenvalue weighted by atomic mass is 9.72. The van der Waals surface area contributed by atoms with E-state index in [9.17, 15) is 19.5 Å². The number of carboxylic acids is 1. The minimum Gasteiger partial charge on any atom is -0.481 e. The highest BCUT2D eigenvalue weighted by molar-refractivity contribution is 5.93. The Morgan fingerprint density at radius 2 is 1.65 bits per heavy atom. The lowest BCUT2D eigenvalue weighted by Crippen LogP contribution is -2.62. The van der Waals surface area contributed by atoms with Gasteiger partial charge in [-0.25, -0.2) is 4.79 Å². The number of aliphatic carboxylic acids is 1. The number of benzene rings is 2. The highest BCUT2D eigenvalue weighted by Gasteiger charge is 2.57. The molecule has 0 spiro atoms. The third-order valence-electron chi connectivity index (χ3n) is 8.20. The maximum atomic E-state index is 13.4. The Hall–Kier alpha value is -3.35. The number of alkyl carbamates (subject to hydrolysis) is 1. The Labute approximate surface area is 198 Å². The minimum atomic E-state index is -0.955. The SMILES string of the molecule is O=C(NC1(C(=O)N2CC3CCC2C(C(=O)O)C3)CC1)OCC1c2ccccc2-c2ccccc21. The number of hydrogen-bond donors (Lipinski definition) is 2. The number of carbonyl (C=O) groups excluding carboxylic acids is 2. The molecule has 2 N–H and O–H groups in total. The van der Waals surface area contributed by atoms with E-state index in [1.807, 2.05) is 24.3 Å². The number of carbonyl (C=O) groups is 3. The van der Waals surface area contributed by atoms with Gasteiger partial charge in [0.05, 0.1) is 5.92 Å². The molecule has 2 heterocycles. The van der Waals surface area contributed by atoms with E-state index >= 15 is 0 Å². The monoisotopic (exact) mass is 460 g/mol. The summed E-state index contributed by atoms with van der Waals surface area (Å²) in [5.41, 5.74) is 3.64. The van der Waals surface area contributed by atoms with Crippen molar-refractivity contribution in [3.8, 4) is 11.1 Å². The molecule has 2 saturated carbocycles. The van der Waals surface area contributed by atoms with Crippen molar-refractivity contribution in [2.24, 2.45) is 11.8 Å². The van der Waals surface area contributed by atoms with E-state index in [-0.39, 0.29) is 30.4 Å². The molecule has 176 valence electrons. The van der Waals surface area contributed by atoms with Crippen LogP contribution in [0.15, 0.2) is 48.5 Å². The molecule has 0 aromatic heterocycles. The molecule has 34 heavy (non-hydrogen) atoms. The summed E-state index contributed by atoms with van der Waals surface area (Å²) >= 11 is 0. The molecule has 3 aliphatic carbocycles. The van der Waals surface area contributed by atoms with E-state index in [2.05, 4.69) is 29.6 Å². The number of ether oxygens (including phenoxy) is 1. The summed E-state index contributed by atoms with van der Waals surface area (Å²) in [7, 11) is 0. The molecule has 2 aromatic carbocycles. The van der Waals surface area contributed by atoms with Crippen molar-refractivity contribution < 1.29 is 24.2 Å². The van der Waals surface area contributed by atoms with Crippen LogP contribution in [0.1, 0.15) is 49.1 Å². The molecule has 0 radical (unpaired) electrons. The molecular weight excluding hydrogens is 432 g/mol. The van der Waals surface area contributed by atoms with Crippen LogP contribution in [0.5, 0.6) is 0 Å². The summed E-state index contributed by atoms with van der Waals surface area (Å²) in [4.78, 5) is 39.7. The Morgan fingerprint density at radius 1 is 1.00 bits per heavy atom. The van der Waals surface area contributed by atoms with Crippen molar-refractivity contribution in [3.05, 3.63) is 59.7 Å². The van der Waals surface area contributed by atoms with Gasteiger partial charge in [0.15, 0.2) is 0 Å². The van der Waals surface area contributed by atoms with E-state index in [1.54, 1.807) is 4.90 Å². The van der Waals surface area contributed by atoms with Gasteiger partial charge in [0.1, 0.15) is 12.1 Å². The molecule has 2 aliphatic heterocycles. The molecule has 7 heteroatoms. The average molecular weight is 461 g/mol. The van der Waals surface area contributed by atoms with Gasteiger partial charge in [0, 0.05) is 18.5 Å². The van der Waals surface area contributed by atoms with Crippen molar-refractivity contribution in [2.45, 2.75) is 49.6 Å². The number of carboxylic acid groups (broad SMARTS) is 1. The summed E-state index contributed by atoms with van der Waals surface area (Å²) in [6, 6.07) is 16.0. The van der Waals surface area contributed by atoms with E-state index < -0.39 is 23.5 Å². The van der Waals surface area contributed by atoms with Crippen LogP contribution in [0.2, 0.25) is 0 Å². The Bertz CT molecular complexity index is 1130. The van der Waals surface area contributed by atoms with Crippen LogP contribution in [-0.2, 0) is 14.3 Å². The summed E-state index contributed by atoms with van der Waals surface area (Å²) < 4.78 is 5.66. The van der Waals surface area contributed by atoms with Crippen molar-refractivity contribution in [1.29, 1.82) is 0 Å². The summed E-state index contributed by atoms with van der Waals surface area (Å²) in [5.74, 6) is -1.32. The van der Waals surface area contributed by atoms with Gasteiger partial charge in [-0.1, -0.05) is 48.5 Å². The topological polar surface area (TPSA) is 95.9 Å². The van der Waals surface area contributed by atoms with Crippen LogP contribution in [-0.4, -0.2) is 52.7 Å². The largest absolute Gasteiger partial charge is 0.481 e. The molecule has 7 rings (SSSR count). The van der Waals surface area contributed by atoms with E-state index in [1.165, 1.54) is 0 Å². The quantitative estimate of drug-likeness (QED) is 0.708. The third kappa shape index (κ3) is 3.37. The van der Waals surface area contributed by atoms with Crippen LogP contribution >= 0.6 is 0 Å². The van der Waals surface area contributed by atoms with Crippen molar-refractivity contribution >= 4 is 18.0 Å². The van der Waals surface area contributed by atoms with Crippen LogP contribution in [0.3, 0.4) is 0 Å². The highest BCUT2D eigenvalue weighted by atomic mass is 16.5. The molecule has 7 nitrogen and oxygen atoms in total. The maximum absolute atomic E-state index is 13.4. The Morgan fingerprint density at radius 3 is 2.24 bits per heavy atom. The average Bonchev–Trinajstić information content (AvgIpc) is 3.57. The normalized spacial score (nSPS) is 25.9. The number of rotatable bonds is 5. The van der Waals surface area contributed by atoms with Gasteiger partial charge in [-0.15, -0.1) is 0 Å². The van der Waals surface area contributed by atoms with Gasteiger partial charge in [0.2, 0.25) is 5.91 Å². The van der Waals surface area contributed by atoms with Crippen LogP contribution in [0.25, 0.3) is 11.1 Å². The van der Waals surface area contributed by atoms with Crippen LogP contribution in [0.4, 0.5) is 4.79 Å². The number of hydrogen-bond acceptors (Lipinski definition) is 4. The summed E-state index contributed by atoms with van der Waals surface area (Å²) in [6.45, 7) is 0.779. The van der Waals surface area contributed by atoms with Gasteiger partial charge in [-0.2, -0.15) is 0 Å². The smallest absolute Gasteiger partial charge is 0.408 e. The van der Waals surface area contributed by atoms with E-state index in [4.69, 9.17) is 4.74 Å². The third-order valence-corrected chi connectivity index (χ3v) is 8.20. The standard InChI is InChI=1S/C27H28N2O5/c30-24(31)21-13-16-9-10-23(21)29(14-16)25(32)27(11-12-27)28-26(33)34-15-22-19-7-3-1-5-17(19)18-6-2-4-8-20(18)22/h1-8,16,21-23H,9-15H2,(H,28,33)(H,30,31). The summed E-state index contributed by atoms with van der Waals surface area (Å²) in [5, 5.41) is 12.4. The van der Waals surface area contributed by atoms with Crippen LogP contribution in [0, 0.1) is 11.8 Å². The van der Waals surface area contributed by atoms with Crippen LogP contribution < -0.4 is 5.32 Å². The molecule has 4 fully saturated rings. The number of nitrogens with one attached hydrogen (secondary N) is 1. The van der Waals surface area contributed by atoms with Gasteiger partial charge in [-0.05, 0) is 60.3 Å². The second kappa shape index (κ2) is 7.86. The second-order valence-electron chi connectivity index (χ2n) is 10.2. The molecule has 2 bridgehead atoms. The first-order valence-corrected chi connectivity index (χ1v) is 12.1. The van der Waals surface area contributed by atoms with E-state index in [0.717, 1.165) is 28.7 Å². The van der Waals surface area contributed by atoms with Gasteiger partial charge in [-0.3, -0.25) is 9.59 Å². The zero-order valence-corrected chi connectivity index (χ0v) is 18.9. The maximum Gasteiger partial charge on any atom is 0.408 e. The van der Waals surface area contributed by atoms with E-state index in [0.29, 0.717) is 32.2 Å². The first-order valence-electron chi connectivity index (χ1n) is 12.1. The lowest BCUT2D eigenvalue weighted by molar-refractivity contribution is -0.157. The lowest BCUT2D eigenvalue weighted by Gasteiger charge is -2.49. The predicted octanol–water partition coefficient (Wildman–Crippen LogP) is 3.77. The summed E-state index contributed by atoms with van der Waals surface area (Å²) in [6.07, 6.45) is 2.84. The Kier molecular flexibility index (Phi) is 4.90. The zero-order chi connectivity index (χ0) is 23.4. The molecular formula is C27H28N2O5. The number of nitrogens with zero attached hydrogens (tertiary/aromatic N) is 1. The Balaban J connectivity index is 1.13.